The number of aromatic nitrogens is 4. The molecule has 1 aromatic carbocycles. The third kappa shape index (κ3) is 4.38. The van der Waals surface area contributed by atoms with Crippen molar-refractivity contribution < 1.29 is 19.0 Å². The Hall–Kier alpha value is -3.75. The minimum Gasteiger partial charge on any atom is -0.485 e. The highest BCUT2D eigenvalue weighted by Crippen LogP contribution is 2.35. The lowest BCUT2D eigenvalue weighted by Gasteiger charge is -2.38. The van der Waals surface area contributed by atoms with Crippen molar-refractivity contribution in [1.29, 1.82) is 0 Å². The molecule has 5 rings (SSSR count). The minimum atomic E-state index is -1.30. The Labute approximate surface area is 202 Å². The van der Waals surface area contributed by atoms with Crippen molar-refractivity contribution in [2.45, 2.75) is 51.9 Å². The fraction of sp³-hybridized carbons (Fsp3) is 0.385. The van der Waals surface area contributed by atoms with Crippen molar-refractivity contribution >= 4 is 22.6 Å². The van der Waals surface area contributed by atoms with E-state index in [2.05, 4.69) is 10.2 Å². The molecule has 8 nitrogen and oxygen atoms in total. The molecule has 1 aliphatic rings. The van der Waals surface area contributed by atoms with Crippen LogP contribution in [0.2, 0.25) is 0 Å². The molecule has 0 bridgehead atoms. The standard InChI is InChI=1S/C26H28FN5O3/c1-26(2,3)21-15-20(17(27)12-14-31(21)25(33)34)35-19-8-6-7-16-10-11-18(28-23(16)19)24-30-29-22-9-4-5-13-32(22)24/h4-11,13,17,20-21H,12,14-15H2,1-3H3,(H,33,34). The maximum atomic E-state index is 15.3. The Bertz CT molecular complexity index is 1380. The van der Waals surface area contributed by atoms with E-state index < -0.39 is 18.4 Å². The Balaban J connectivity index is 1.52. The molecule has 4 aromatic rings. The van der Waals surface area contributed by atoms with Gasteiger partial charge in [-0.15, -0.1) is 10.2 Å². The van der Waals surface area contributed by atoms with Gasteiger partial charge in [-0.1, -0.05) is 45.0 Å². The zero-order valence-corrected chi connectivity index (χ0v) is 19.9. The van der Waals surface area contributed by atoms with Crippen LogP contribution in [0.3, 0.4) is 0 Å². The van der Waals surface area contributed by atoms with Crippen molar-refractivity contribution in [3.05, 3.63) is 54.7 Å². The van der Waals surface area contributed by atoms with Gasteiger partial charge in [-0.2, -0.15) is 0 Å². The number of alkyl halides is 1. The molecule has 182 valence electrons. The second-order valence-corrected chi connectivity index (χ2v) is 10.0. The first kappa shape index (κ1) is 23.0. The maximum absolute atomic E-state index is 15.3. The average Bonchev–Trinajstić information content (AvgIpc) is 3.17. The lowest BCUT2D eigenvalue weighted by Crippen LogP contribution is -2.47. The normalized spacial score (nSPS) is 21.3. The SMILES string of the molecule is CC(C)(C)C1CC(Oc2cccc3ccc(-c4nnc5ccccn45)nc23)C(F)CCN1C(=O)O. The second kappa shape index (κ2) is 8.79. The van der Waals surface area contributed by atoms with Gasteiger partial charge in [0.25, 0.3) is 0 Å². The third-order valence-corrected chi connectivity index (χ3v) is 6.63. The number of carbonyl (C=O) groups is 1. The van der Waals surface area contributed by atoms with E-state index in [1.54, 1.807) is 6.07 Å². The third-order valence-electron chi connectivity index (χ3n) is 6.63. The summed E-state index contributed by atoms with van der Waals surface area (Å²) in [6, 6.07) is 14.6. The van der Waals surface area contributed by atoms with Crippen molar-refractivity contribution in [2.75, 3.05) is 6.54 Å². The number of amides is 1. The summed E-state index contributed by atoms with van der Waals surface area (Å²) in [6.45, 7) is 6.05. The Morgan fingerprint density at radius 1 is 1.11 bits per heavy atom. The summed E-state index contributed by atoms with van der Waals surface area (Å²) in [5.74, 6) is 1.06. The number of benzene rings is 1. The predicted octanol–water partition coefficient (Wildman–Crippen LogP) is 5.22. The smallest absolute Gasteiger partial charge is 0.407 e. The molecule has 0 saturated carbocycles. The lowest BCUT2D eigenvalue weighted by atomic mass is 9.82. The second-order valence-electron chi connectivity index (χ2n) is 10.0. The highest BCUT2D eigenvalue weighted by atomic mass is 19.1. The lowest BCUT2D eigenvalue weighted by molar-refractivity contribution is 0.0551. The number of fused-ring (bicyclic) bond motifs is 2. The van der Waals surface area contributed by atoms with Crippen LogP contribution < -0.4 is 4.74 Å². The fourth-order valence-corrected chi connectivity index (χ4v) is 4.79. The first-order chi connectivity index (χ1) is 16.7. The van der Waals surface area contributed by atoms with Gasteiger partial charge in [0.1, 0.15) is 29.2 Å². The number of hydrogen-bond acceptors (Lipinski definition) is 5. The van der Waals surface area contributed by atoms with Crippen LogP contribution in [0.5, 0.6) is 5.75 Å². The summed E-state index contributed by atoms with van der Waals surface area (Å²) < 4.78 is 23.4. The van der Waals surface area contributed by atoms with E-state index in [9.17, 15) is 9.90 Å². The summed E-state index contributed by atoms with van der Waals surface area (Å²) in [7, 11) is 0. The van der Waals surface area contributed by atoms with E-state index >= 15 is 4.39 Å². The zero-order valence-electron chi connectivity index (χ0n) is 19.9. The van der Waals surface area contributed by atoms with Gasteiger partial charge >= 0.3 is 6.09 Å². The van der Waals surface area contributed by atoms with Gasteiger partial charge < -0.3 is 14.7 Å². The summed E-state index contributed by atoms with van der Waals surface area (Å²) in [4.78, 5) is 18.1. The van der Waals surface area contributed by atoms with Crippen molar-refractivity contribution in [1.82, 2.24) is 24.5 Å². The van der Waals surface area contributed by atoms with Gasteiger partial charge in [0.15, 0.2) is 11.5 Å². The van der Waals surface area contributed by atoms with Crippen molar-refractivity contribution in [3.63, 3.8) is 0 Å². The molecular formula is C26H28FN5O3. The highest BCUT2D eigenvalue weighted by molar-refractivity contribution is 5.86. The molecule has 1 aliphatic heterocycles. The largest absolute Gasteiger partial charge is 0.485 e. The quantitative estimate of drug-likeness (QED) is 0.435. The van der Waals surface area contributed by atoms with E-state index in [1.165, 1.54) is 4.90 Å². The molecule has 3 aromatic heterocycles. The van der Waals surface area contributed by atoms with E-state index in [1.807, 2.05) is 73.8 Å². The first-order valence-corrected chi connectivity index (χ1v) is 11.7. The molecule has 0 aliphatic carbocycles. The van der Waals surface area contributed by atoms with Crippen LogP contribution in [0.25, 0.3) is 28.1 Å². The van der Waals surface area contributed by atoms with Crippen LogP contribution in [-0.2, 0) is 0 Å². The zero-order chi connectivity index (χ0) is 24.7. The Kier molecular flexibility index (Phi) is 5.78. The van der Waals surface area contributed by atoms with Gasteiger partial charge in [-0.05, 0) is 36.1 Å². The number of carboxylic acid groups (broad SMARTS) is 1. The molecule has 1 fully saturated rings. The molecule has 0 radical (unpaired) electrons. The van der Waals surface area contributed by atoms with Gasteiger partial charge in [0, 0.05) is 30.6 Å². The number of pyridine rings is 2. The van der Waals surface area contributed by atoms with Gasteiger partial charge in [0.2, 0.25) is 0 Å². The fourth-order valence-electron chi connectivity index (χ4n) is 4.79. The van der Waals surface area contributed by atoms with E-state index in [-0.39, 0.29) is 30.8 Å². The molecule has 35 heavy (non-hydrogen) atoms. The minimum absolute atomic E-state index is 0.0821. The Morgan fingerprint density at radius 3 is 2.71 bits per heavy atom. The van der Waals surface area contributed by atoms with Crippen molar-refractivity contribution in [3.8, 4) is 17.3 Å². The number of ether oxygens (including phenoxy) is 1. The molecule has 1 saturated heterocycles. The summed E-state index contributed by atoms with van der Waals surface area (Å²) in [5, 5.41) is 19.1. The van der Waals surface area contributed by atoms with E-state index in [4.69, 9.17) is 9.72 Å². The van der Waals surface area contributed by atoms with Crippen LogP contribution >= 0.6 is 0 Å². The first-order valence-electron chi connectivity index (χ1n) is 11.7. The molecule has 1 amide bonds. The van der Waals surface area contributed by atoms with Crippen LogP contribution in [0.4, 0.5) is 9.18 Å². The number of halogens is 1. The number of rotatable bonds is 3. The van der Waals surface area contributed by atoms with Gasteiger partial charge in [0.05, 0.1) is 0 Å². The molecule has 9 heteroatoms. The van der Waals surface area contributed by atoms with E-state index in [0.29, 0.717) is 28.4 Å². The highest BCUT2D eigenvalue weighted by Gasteiger charge is 2.41. The Morgan fingerprint density at radius 2 is 1.94 bits per heavy atom. The van der Waals surface area contributed by atoms with E-state index in [0.717, 1.165) is 5.39 Å². The number of likely N-dealkylation sites (tertiary alicyclic amines) is 1. The summed E-state index contributed by atoms with van der Waals surface area (Å²) >= 11 is 0. The molecule has 1 N–H and O–H groups in total. The molecular weight excluding hydrogens is 449 g/mol. The monoisotopic (exact) mass is 477 g/mol. The molecule has 3 atom stereocenters. The van der Waals surface area contributed by atoms with Crippen LogP contribution in [-0.4, -0.2) is 60.5 Å². The molecule has 4 heterocycles. The molecule has 3 unspecified atom stereocenters. The van der Waals surface area contributed by atoms with Crippen molar-refractivity contribution in [2.24, 2.45) is 5.41 Å². The number of nitrogens with zero attached hydrogens (tertiary/aromatic N) is 5. The summed E-state index contributed by atoms with van der Waals surface area (Å²) in [6.07, 6.45) is -0.925. The topological polar surface area (TPSA) is 92.9 Å². The van der Waals surface area contributed by atoms with Crippen LogP contribution in [0.1, 0.15) is 33.6 Å². The number of hydrogen-bond donors (Lipinski definition) is 1. The average molecular weight is 478 g/mol. The van der Waals surface area contributed by atoms with Gasteiger partial charge in [-0.25, -0.2) is 14.2 Å². The van der Waals surface area contributed by atoms with Crippen LogP contribution in [0.15, 0.2) is 54.7 Å². The number of para-hydroxylation sites is 1. The predicted molar refractivity (Wildman–Crippen MR) is 130 cm³/mol. The van der Waals surface area contributed by atoms with Gasteiger partial charge in [-0.3, -0.25) is 4.40 Å². The molecule has 0 spiro atoms. The van der Waals surface area contributed by atoms with Crippen LogP contribution in [0, 0.1) is 5.41 Å². The maximum Gasteiger partial charge on any atom is 0.407 e. The summed E-state index contributed by atoms with van der Waals surface area (Å²) in [5.41, 5.74) is 1.55.